The van der Waals surface area contributed by atoms with Crippen LogP contribution in [-0.4, -0.2) is 35.4 Å². The summed E-state index contributed by atoms with van der Waals surface area (Å²) >= 11 is 0. The molecule has 4 aliphatic carbocycles. The molecule has 1 aromatic carbocycles. The molecule has 3 aromatic rings. The van der Waals surface area contributed by atoms with Crippen LogP contribution in [0.3, 0.4) is 0 Å². The molecule has 0 spiro atoms. The number of nitro groups is 1. The molecule has 0 aliphatic heterocycles. The smallest absolute Gasteiger partial charge is 0.287 e. The molecule has 4 bridgehead atoms. The summed E-state index contributed by atoms with van der Waals surface area (Å²) in [5.41, 5.74) is -0.377. The molecule has 11 heteroatoms. The molecule has 1 amide bonds. The normalized spacial score (nSPS) is 27.1. The van der Waals surface area contributed by atoms with Crippen molar-refractivity contribution in [3.05, 3.63) is 64.0 Å². The van der Waals surface area contributed by atoms with Gasteiger partial charge in [-0.1, -0.05) is 18.2 Å². The highest BCUT2D eigenvalue weighted by Gasteiger charge is 2.53. The quantitative estimate of drug-likeness (QED) is 0.437. The van der Waals surface area contributed by atoms with Gasteiger partial charge in [0.2, 0.25) is 11.6 Å². The minimum absolute atomic E-state index is 0.0278. The van der Waals surface area contributed by atoms with Crippen molar-refractivity contribution in [3.8, 4) is 0 Å². The average Bonchev–Trinajstić information content (AvgIpc) is 3.42. The van der Waals surface area contributed by atoms with E-state index < -0.39 is 10.8 Å². The van der Waals surface area contributed by atoms with E-state index in [9.17, 15) is 19.3 Å². The van der Waals surface area contributed by atoms with Gasteiger partial charge in [-0.2, -0.15) is 5.10 Å². The van der Waals surface area contributed by atoms with Gasteiger partial charge in [0, 0.05) is 5.56 Å². The van der Waals surface area contributed by atoms with Gasteiger partial charge in [-0.25, -0.2) is 14.1 Å². The molecular weight excluding hydrogens is 441 g/mol. The third-order valence-electron chi connectivity index (χ3n) is 7.65. The van der Waals surface area contributed by atoms with E-state index in [4.69, 9.17) is 0 Å². The fourth-order valence-electron chi connectivity index (χ4n) is 6.64. The Hall–Kier alpha value is -3.63. The lowest BCUT2D eigenvalue weighted by molar-refractivity contribution is -0.385. The Morgan fingerprint density at radius 3 is 2.47 bits per heavy atom. The van der Waals surface area contributed by atoms with E-state index in [1.807, 2.05) is 0 Å². The van der Waals surface area contributed by atoms with Gasteiger partial charge in [-0.15, -0.1) is 5.10 Å². The molecule has 4 saturated carbocycles. The van der Waals surface area contributed by atoms with Crippen LogP contribution in [-0.2, 0) is 12.1 Å². The molecule has 10 nitrogen and oxygen atoms in total. The van der Waals surface area contributed by atoms with Crippen molar-refractivity contribution in [2.45, 2.75) is 50.6 Å². The van der Waals surface area contributed by atoms with Gasteiger partial charge in [-0.3, -0.25) is 24.9 Å². The lowest BCUT2D eigenvalue weighted by atomic mass is 9.53. The summed E-state index contributed by atoms with van der Waals surface area (Å²) in [5, 5.41) is 22.9. The van der Waals surface area contributed by atoms with Crippen LogP contribution in [0.1, 0.15) is 54.6 Å². The van der Waals surface area contributed by atoms with E-state index in [0.29, 0.717) is 23.3 Å². The highest BCUT2D eigenvalue weighted by Crippen LogP contribution is 2.58. The van der Waals surface area contributed by atoms with Gasteiger partial charge in [0.15, 0.2) is 0 Å². The lowest BCUT2D eigenvalue weighted by Gasteiger charge is -2.56. The van der Waals surface area contributed by atoms with Crippen molar-refractivity contribution in [1.29, 1.82) is 0 Å². The molecule has 1 N–H and O–H groups in total. The van der Waals surface area contributed by atoms with Crippen LogP contribution in [0, 0.1) is 33.7 Å². The topological polar surface area (TPSA) is 121 Å². The Bertz CT molecular complexity index is 1250. The predicted octanol–water partition coefficient (Wildman–Crippen LogP) is 3.75. The first-order chi connectivity index (χ1) is 16.4. The minimum Gasteiger partial charge on any atom is -0.287 e. The van der Waals surface area contributed by atoms with Crippen LogP contribution in [0.5, 0.6) is 0 Å². The summed E-state index contributed by atoms with van der Waals surface area (Å²) in [6.45, 7) is 0.135. The van der Waals surface area contributed by atoms with E-state index in [1.165, 1.54) is 42.5 Å². The highest BCUT2D eigenvalue weighted by atomic mass is 19.1. The van der Waals surface area contributed by atoms with E-state index in [1.54, 1.807) is 22.9 Å². The first kappa shape index (κ1) is 20.9. The summed E-state index contributed by atoms with van der Waals surface area (Å²) in [7, 11) is 0. The van der Waals surface area contributed by atoms with Crippen molar-refractivity contribution in [1.82, 2.24) is 24.5 Å². The van der Waals surface area contributed by atoms with Crippen LogP contribution in [0.15, 0.2) is 36.8 Å². The van der Waals surface area contributed by atoms with E-state index >= 15 is 0 Å². The average molecular weight is 465 g/mol. The summed E-state index contributed by atoms with van der Waals surface area (Å²) in [6, 6.07) is 6.31. The molecule has 176 valence electrons. The Morgan fingerprint density at radius 1 is 1.15 bits per heavy atom. The number of amides is 1. The van der Waals surface area contributed by atoms with Crippen molar-refractivity contribution in [2.75, 3.05) is 5.32 Å². The van der Waals surface area contributed by atoms with Gasteiger partial charge < -0.3 is 0 Å². The number of carbonyl (C=O) groups excluding carboxylic acids is 1. The van der Waals surface area contributed by atoms with Crippen molar-refractivity contribution in [3.63, 3.8) is 0 Å². The zero-order valence-electron chi connectivity index (χ0n) is 18.4. The number of halogens is 1. The Kier molecular flexibility index (Phi) is 4.75. The second-order valence-electron chi connectivity index (χ2n) is 10.0. The summed E-state index contributed by atoms with van der Waals surface area (Å²) in [4.78, 5) is 28.2. The molecule has 0 atom stereocenters. The number of nitrogens with zero attached hydrogens (tertiary/aromatic N) is 6. The zero-order valence-corrected chi connectivity index (χ0v) is 18.4. The zero-order chi connectivity index (χ0) is 23.4. The maximum Gasteiger partial charge on any atom is 0.320 e. The second-order valence-corrected chi connectivity index (χ2v) is 10.0. The van der Waals surface area contributed by atoms with Gasteiger partial charge in [0.25, 0.3) is 5.91 Å². The van der Waals surface area contributed by atoms with Gasteiger partial charge >= 0.3 is 5.69 Å². The summed E-state index contributed by atoms with van der Waals surface area (Å²) < 4.78 is 17.0. The highest BCUT2D eigenvalue weighted by molar-refractivity contribution is 6.04. The fourth-order valence-corrected chi connectivity index (χ4v) is 6.64. The SMILES string of the molecule is O=C(Nc1ncn(Cc2ccccc2F)n1)c1nn(C23CC4CC(CC(C4)C2)C3)cc1[N+](=O)[O-]. The summed E-state index contributed by atoms with van der Waals surface area (Å²) in [5.74, 6) is 0.770. The minimum atomic E-state index is -0.737. The Labute approximate surface area is 194 Å². The molecular formula is C23H24FN7O3. The second kappa shape index (κ2) is 7.71. The fraction of sp³-hybridized carbons (Fsp3) is 0.478. The largest absolute Gasteiger partial charge is 0.320 e. The van der Waals surface area contributed by atoms with Gasteiger partial charge in [0.05, 0.1) is 17.0 Å². The third-order valence-corrected chi connectivity index (χ3v) is 7.65. The number of aromatic nitrogens is 5. The molecule has 7 rings (SSSR count). The van der Waals surface area contributed by atoms with Crippen LogP contribution in [0.2, 0.25) is 0 Å². The van der Waals surface area contributed by atoms with Crippen molar-refractivity contribution in [2.24, 2.45) is 17.8 Å². The number of rotatable bonds is 6. The molecule has 4 fully saturated rings. The maximum atomic E-state index is 13.9. The predicted molar refractivity (Wildman–Crippen MR) is 119 cm³/mol. The molecule has 34 heavy (non-hydrogen) atoms. The molecule has 4 aliphatic rings. The number of benzene rings is 1. The summed E-state index contributed by atoms with van der Waals surface area (Å²) in [6.07, 6.45) is 9.37. The Balaban J connectivity index is 1.23. The number of hydrogen-bond acceptors (Lipinski definition) is 6. The number of hydrogen-bond donors (Lipinski definition) is 1. The first-order valence-electron chi connectivity index (χ1n) is 11.6. The number of nitrogens with one attached hydrogen (secondary N) is 1. The third kappa shape index (κ3) is 3.55. The maximum absolute atomic E-state index is 13.9. The van der Waals surface area contributed by atoms with Crippen LogP contribution < -0.4 is 5.32 Å². The van der Waals surface area contributed by atoms with Crippen LogP contribution in [0.4, 0.5) is 16.0 Å². The van der Waals surface area contributed by atoms with E-state index in [0.717, 1.165) is 19.3 Å². The molecule has 0 radical (unpaired) electrons. The molecule has 0 unspecified atom stereocenters. The first-order valence-corrected chi connectivity index (χ1v) is 11.6. The van der Waals surface area contributed by atoms with E-state index in [-0.39, 0.29) is 35.2 Å². The van der Waals surface area contributed by atoms with Crippen LogP contribution >= 0.6 is 0 Å². The van der Waals surface area contributed by atoms with Crippen molar-refractivity contribution >= 4 is 17.5 Å². The van der Waals surface area contributed by atoms with Gasteiger partial charge in [-0.05, 0) is 62.3 Å². The molecule has 0 saturated heterocycles. The molecule has 2 heterocycles. The standard InChI is InChI=1S/C23H24FN7O3/c24-18-4-2-1-3-17(18)11-29-13-25-22(28-29)26-21(32)20-19(31(33)34)12-30(27-20)23-8-14-5-15(9-23)7-16(6-14)10-23/h1-4,12-16H,5-11H2,(H,26,28,32). The Morgan fingerprint density at radius 2 is 1.82 bits per heavy atom. The van der Waals surface area contributed by atoms with Gasteiger partial charge in [0.1, 0.15) is 18.3 Å². The van der Waals surface area contributed by atoms with Crippen molar-refractivity contribution < 1.29 is 14.1 Å². The van der Waals surface area contributed by atoms with E-state index in [2.05, 4.69) is 20.5 Å². The number of carbonyl (C=O) groups is 1. The lowest BCUT2D eigenvalue weighted by Crippen LogP contribution is -2.52. The monoisotopic (exact) mass is 465 g/mol. The molecule has 2 aromatic heterocycles. The van der Waals surface area contributed by atoms with Crippen LogP contribution in [0.25, 0.3) is 0 Å². The number of anilines is 1.